The number of ether oxygens (including phenoxy) is 2. The maximum absolute atomic E-state index is 10.2. The number of methoxy groups -OCH3 is 1. The molecule has 2 unspecified atom stereocenters. The molecule has 19 heavy (non-hydrogen) atoms. The molecule has 0 amide bonds. The summed E-state index contributed by atoms with van der Waals surface area (Å²) in [5, 5.41) is 10.2. The van der Waals surface area contributed by atoms with Gasteiger partial charge in [-0.25, -0.2) is 0 Å². The van der Waals surface area contributed by atoms with Gasteiger partial charge in [-0.2, -0.15) is 0 Å². The maximum Gasteiger partial charge on any atom is 0.0790 e. The van der Waals surface area contributed by atoms with Crippen LogP contribution in [-0.2, 0) is 16.1 Å². The van der Waals surface area contributed by atoms with Gasteiger partial charge in [-0.05, 0) is 43.2 Å². The van der Waals surface area contributed by atoms with Crippen molar-refractivity contribution >= 4 is 0 Å². The average molecular weight is 264 g/mol. The van der Waals surface area contributed by atoms with E-state index in [1.807, 2.05) is 24.3 Å². The van der Waals surface area contributed by atoms with Crippen LogP contribution >= 0.6 is 0 Å². The van der Waals surface area contributed by atoms with Crippen molar-refractivity contribution in [2.24, 2.45) is 0 Å². The SMILES string of the molecule is COCc1cccc(C(O)CCCC2CCCO2)c1. The van der Waals surface area contributed by atoms with E-state index in [4.69, 9.17) is 9.47 Å². The summed E-state index contributed by atoms with van der Waals surface area (Å²) in [6.07, 6.45) is 5.29. The van der Waals surface area contributed by atoms with Crippen molar-refractivity contribution in [3.63, 3.8) is 0 Å². The molecule has 0 spiro atoms. The topological polar surface area (TPSA) is 38.7 Å². The zero-order chi connectivity index (χ0) is 13.5. The lowest BCUT2D eigenvalue weighted by molar-refractivity contribution is 0.0944. The van der Waals surface area contributed by atoms with E-state index in [9.17, 15) is 5.11 Å². The molecule has 3 heteroatoms. The third kappa shape index (κ3) is 4.60. The third-order valence-electron chi connectivity index (χ3n) is 3.67. The summed E-state index contributed by atoms with van der Waals surface area (Å²) < 4.78 is 10.7. The van der Waals surface area contributed by atoms with Crippen molar-refractivity contribution < 1.29 is 14.6 Å². The predicted molar refractivity (Wildman–Crippen MR) is 74.9 cm³/mol. The van der Waals surface area contributed by atoms with E-state index >= 15 is 0 Å². The van der Waals surface area contributed by atoms with Crippen molar-refractivity contribution in [1.29, 1.82) is 0 Å². The predicted octanol–water partition coefficient (Wildman–Crippen LogP) is 3.22. The minimum absolute atomic E-state index is 0.377. The van der Waals surface area contributed by atoms with Crippen molar-refractivity contribution in [2.75, 3.05) is 13.7 Å². The molecule has 0 aliphatic carbocycles. The number of hydrogen-bond donors (Lipinski definition) is 1. The molecule has 1 aromatic rings. The van der Waals surface area contributed by atoms with Crippen LogP contribution in [0.25, 0.3) is 0 Å². The van der Waals surface area contributed by atoms with E-state index in [2.05, 4.69) is 0 Å². The monoisotopic (exact) mass is 264 g/mol. The normalized spacial score (nSPS) is 20.6. The summed E-state index contributed by atoms with van der Waals surface area (Å²) >= 11 is 0. The third-order valence-corrected chi connectivity index (χ3v) is 3.67. The molecular weight excluding hydrogens is 240 g/mol. The highest BCUT2D eigenvalue weighted by molar-refractivity contribution is 5.24. The van der Waals surface area contributed by atoms with Crippen LogP contribution in [0.5, 0.6) is 0 Å². The van der Waals surface area contributed by atoms with Gasteiger partial charge in [0.05, 0.1) is 18.8 Å². The zero-order valence-corrected chi connectivity index (χ0v) is 11.7. The van der Waals surface area contributed by atoms with Crippen molar-refractivity contribution in [2.45, 2.75) is 50.9 Å². The number of aliphatic hydroxyl groups excluding tert-OH is 1. The number of hydrogen-bond acceptors (Lipinski definition) is 3. The van der Waals surface area contributed by atoms with Crippen LogP contribution in [0.1, 0.15) is 49.3 Å². The largest absolute Gasteiger partial charge is 0.388 e. The van der Waals surface area contributed by atoms with E-state index in [0.717, 1.165) is 37.0 Å². The van der Waals surface area contributed by atoms with Gasteiger partial charge >= 0.3 is 0 Å². The summed E-state index contributed by atoms with van der Waals surface area (Å²) in [6, 6.07) is 8.01. The molecule has 1 aliphatic rings. The van der Waals surface area contributed by atoms with E-state index in [-0.39, 0.29) is 6.10 Å². The van der Waals surface area contributed by atoms with E-state index < -0.39 is 0 Å². The number of aliphatic hydroxyl groups is 1. The highest BCUT2D eigenvalue weighted by atomic mass is 16.5. The summed E-state index contributed by atoms with van der Waals surface area (Å²) in [7, 11) is 1.69. The van der Waals surface area contributed by atoms with Gasteiger partial charge in [0.2, 0.25) is 0 Å². The Kier molecular flexibility index (Phi) is 5.83. The van der Waals surface area contributed by atoms with Crippen LogP contribution in [0.3, 0.4) is 0 Å². The van der Waals surface area contributed by atoms with Gasteiger partial charge in [-0.3, -0.25) is 0 Å². The minimum atomic E-state index is -0.377. The van der Waals surface area contributed by atoms with Gasteiger partial charge in [0.25, 0.3) is 0 Å². The molecule has 2 rings (SSSR count). The fourth-order valence-corrected chi connectivity index (χ4v) is 2.63. The van der Waals surface area contributed by atoms with Gasteiger partial charge < -0.3 is 14.6 Å². The highest BCUT2D eigenvalue weighted by Gasteiger charge is 2.16. The molecule has 0 saturated carbocycles. The second-order valence-electron chi connectivity index (χ2n) is 5.26. The smallest absolute Gasteiger partial charge is 0.0790 e. The minimum Gasteiger partial charge on any atom is -0.388 e. The zero-order valence-electron chi connectivity index (χ0n) is 11.7. The van der Waals surface area contributed by atoms with E-state index in [0.29, 0.717) is 12.7 Å². The Hall–Kier alpha value is -0.900. The molecule has 3 nitrogen and oxygen atoms in total. The Morgan fingerprint density at radius 1 is 1.47 bits per heavy atom. The van der Waals surface area contributed by atoms with Crippen LogP contribution in [0, 0.1) is 0 Å². The standard InChI is InChI=1S/C16H24O3/c1-18-12-13-5-2-6-14(11-13)16(17)9-3-7-15-8-4-10-19-15/h2,5-6,11,15-17H,3-4,7-10,12H2,1H3. The fraction of sp³-hybridized carbons (Fsp3) is 0.625. The summed E-state index contributed by atoms with van der Waals surface area (Å²) in [4.78, 5) is 0. The van der Waals surface area contributed by atoms with Gasteiger partial charge in [-0.1, -0.05) is 24.3 Å². The first-order chi connectivity index (χ1) is 9.29. The summed E-state index contributed by atoms with van der Waals surface area (Å²) in [6.45, 7) is 1.50. The summed E-state index contributed by atoms with van der Waals surface area (Å²) in [5.41, 5.74) is 2.10. The van der Waals surface area contributed by atoms with Crippen molar-refractivity contribution in [1.82, 2.24) is 0 Å². The average Bonchev–Trinajstić information content (AvgIpc) is 2.92. The van der Waals surface area contributed by atoms with Crippen molar-refractivity contribution in [3.8, 4) is 0 Å². The van der Waals surface area contributed by atoms with Crippen LogP contribution in [0.15, 0.2) is 24.3 Å². The van der Waals surface area contributed by atoms with Crippen LogP contribution in [0.2, 0.25) is 0 Å². The van der Waals surface area contributed by atoms with Gasteiger partial charge in [0.15, 0.2) is 0 Å². The quantitative estimate of drug-likeness (QED) is 0.822. The van der Waals surface area contributed by atoms with E-state index in [1.165, 1.54) is 12.8 Å². The Bertz CT molecular complexity index is 372. The van der Waals surface area contributed by atoms with Crippen LogP contribution < -0.4 is 0 Å². The first-order valence-corrected chi connectivity index (χ1v) is 7.17. The van der Waals surface area contributed by atoms with Gasteiger partial charge in [0.1, 0.15) is 0 Å². The Morgan fingerprint density at radius 3 is 3.11 bits per heavy atom. The molecule has 1 saturated heterocycles. The molecule has 1 aromatic carbocycles. The first kappa shape index (κ1) is 14.5. The first-order valence-electron chi connectivity index (χ1n) is 7.17. The Balaban J connectivity index is 1.78. The lowest BCUT2D eigenvalue weighted by Gasteiger charge is -2.14. The van der Waals surface area contributed by atoms with E-state index in [1.54, 1.807) is 7.11 Å². The molecule has 1 fully saturated rings. The lowest BCUT2D eigenvalue weighted by atomic mass is 10.00. The fourth-order valence-electron chi connectivity index (χ4n) is 2.63. The molecule has 0 radical (unpaired) electrons. The molecule has 1 heterocycles. The maximum atomic E-state index is 10.2. The Labute approximate surface area is 115 Å². The number of benzene rings is 1. The second-order valence-corrected chi connectivity index (χ2v) is 5.26. The van der Waals surface area contributed by atoms with Crippen LogP contribution in [-0.4, -0.2) is 24.9 Å². The molecule has 1 aliphatic heterocycles. The van der Waals surface area contributed by atoms with Gasteiger partial charge in [0, 0.05) is 13.7 Å². The molecule has 0 bridgehead atoms. The Morgan fingerprint density at radius 2 is 2.37 bits per heavy atom. The second kappa shape index (κ2) is 7.63. The highest BCUT2D eigenvalue weighted by Crippen LogP contribution is 2.23. The van der Waals surface area contributed by atoms with Crippen LogP contribution in [0.4, 0.5) is 0 Å². The number of rotatable bonds is 7. The van der Waals surface area contributed by atoms with Crippen molar-refractivity contribution in [3.05, 3.63) is 35.4 Å². The molecular formula is C16H24O3. The lowest BCUT2D eigenvalue weighted by Crippen LogP contribution is -2.06. The van der Waals surface area contributed by atoms with Gasteiger partial charge in [-0.15, -0.1) is 0 Å². The molecule has 1 N–H and O–H groups in total. The molecule has 106 valence electrons. The molecule has 2 atom stereocenters. The molecule has 0 aromatic heterocycles. The summed E-state index contributed by atoms with van der Waals surface area (Å²) in [5.74, 6) is 0.